The number of nitro benzene ring substituents is 1. The van der Waals surface area contributed by atoms with Gasteiger partial charge in [-0.25, -0.2) is 0 Å². The molecule has 1 aliphatic heterocycles. The summed E-state index contributed by atoms with van der Waals surface area (Å²) in [6.45, 7) is 0.0884. The van der Waals surface area contributed by atoms with Crippen LogP contribution in [0.15, 0.2) is 36.4 Å². The average Bonchev–Trinajstić information content (AvgIpc) is 3.08. The van der Waals surface area contributed by atoms with Crippen LogP contribution in [0.3, 0.4) is 0 Å². The first-order valence-corrected chi connectivity index (χ1v) is 8.03. The molecule has 0 radical (unpaired) electrons. The van der Waals surface area contributed by atoms with Gasteiger partial charge in [0.25, 0.3) is 5.69 Å². The zero-order valence-electron chi connectivity index (χ0n) is 14.2. The monoisotopic (exact) mass is 397 g/mol. The number of nitrogens with zero attached hydrogens (tertiary/aromatic N) is 1. The molecule has 1 heterocycles. The van der Waals surface area contributed by atoms with Gasteiger partial charge in [0.2, 0.25) is 12.7 Å². The molecule has 2 aromatic carbocycles. The summed E-state index contributed by atoms with van der Waals surface area (Å²) in [5, 5.41) is 16.3. The maximum atomic E-state index is 12.7. The van der Waals surface area contributed by atoms with Crippen LogP contribution >= 0.6 is 0 Å². The standard InChI is InChI=1S/C17H14F3N3O5/c18-17(19,20)10-1-3-12(13(7-10)23(25)26)21-6-5-16(24)22-11-2-4-14-15(8-11)28-9-27-14/h1-4,7-8,21H,5-6,9H2,(H,22,24). The fourth-order valence-corrected chi connectivity index (χ4v) is 2.52. The molecule has 0 saturated carbocycles. The number of carbonyl (C=O) groups excluding carboxylic acids is 1. The van der Waals surface area contributed by atoms with Gasteiger partial charge in [-0.2, -0.15) is 13.2 Å². The number of nitro groups is 1. The van der Waals surface area contributed by atoms with Crippen LogP contribution in [0.1, 0.15) is 12.0 Å². The molecule has 1 amide bonds. The van der Waals surface area contributed by atoms with E-state index in [0.717, 1.165) is 12.1 Å². The van der Waals surface area contributed by atoms with E-state index in [0.29, 0.717) is 23.3 Å². The largest absolute Gasteiger partial charge is 0.454 e. The molecule has 1 aliphatic rings. The summed E-state index contributed by atoms with van der Waals surface area (Å²) < 4.78 is 48.5. The smallest absolute Gasteiger partial charge is 0.416 e. The second-order valence-corrected chi connectivity index (χ2v) is 5.78. The SMILES string of the molecule is O=C(CCNc1ccc(C(F)(F)F)cc1[N+](=O)[O-])Nc1ccc2c(c1)OCO2. The number of ether oxygens (including phenoxy) is 2. The lowest BCUT2D eigenvalue weighted by molar-refractivity contribution is -0.384. The van der Waals surface area contributed by atoms with Crippen molar-refractivity contribution < 1.29 is 32.4 Å². The van der Waals surface area contributed by atoms with Crippen LogP contribution in [-0.4, -0.2) is 24.2 Å². The zero-order valence-corrected chi connectivity index (χ0v) is 14.2. The fourth-order valence-electron chi connectivity index (χ4n) is 2.52. The maximum absolute atomic E-state index is 12.7. The minimum atomic E-state index is -4.69. The fraction of sp³-hybridized carbons (Fsp3) is 0.235. The van der Waals surface area contributed by atoms with Crippen molar-refractivity contribution in [1.82, 2.24) is 0 Å². The van der Waals surface area contributed by atoms with E-state index in [2.05, 4.69) is 10.6 Å². The van der Waals surface area contributed by atoms with Crippen LogP contribution in [0.25, 0.3) is 0 Å². The number of hydrogen-bond acceptors (Lipinski definition) is 6. The molecule has 0 bridgehead atoms. The molecule has 8 nitrogen and oxygen atoms in total. The lowest BCUT2D eigenvalue weighted by atomic mass is 10.1. The normalized spacial score (nSPS) is 12.5. The summed E-state index contributed by atoms with van der Waals surface area (Å²) in [5.41, 5.74) is -1.46. The third-order valence-electron chi connectivity index (χ3n) is 3.85. The Morgan fingerprint density at radius 2 is 1.89 bits per heavy atom. The summed E-state index contributed by atoms with van der Waals surface area (Å²) in [6.07, 6.45) is -4.75. The molecule has 2 aromatic rings. The van der Waals surface area contributed by atoms with E-state index in [1.807, 2.05) is 0 Å². The molecule has 0 saturated heterocycles. The van der Waals surface area contributed by atoms with Gasteiger partial charge < -0.3 is 20.1 Å². The van der Waals surface area contributed by atoms with Crippen molar-refractivity contribution in [2.75, 3.05) is 24.0 Å². The Balaban J connectivity index is 1.58. The molecule has 11 heteroatoms. The van der Waals surface area contributed by atoms with E-state index < -0.39 is 22.4 Å². The van der Waals surface area contributed by atoms with Gasteiger partial charge in [0.1, 0.15) is 5.69 Å². The number of alkyl halides is 3. The first-order chi connectivity index (χ1) is 13.2. The van der Waals surface area contributed by atoms with E-state index >= 15 is 0 Å². The lowest BCUT2D eigenvalue weighted by Gasteiger charge is -2.11. The van der Waals surface area contributed by atoms with Crippen LogP contribution in [-0.2, 0) is 11.0 Å². The van der Waals surface area contributed by atoms with Crippen LogP contribution in [0, 0.1) is 10.1 Å². The van der Waals surface area contributed by atoms with E-state index in [-0.39, 0.29) is 31.4 Å². The van der Waals surface area contributed by atoms with Gasteiger partial charge in [-0.05, 0) is 24.3 Å². The third kappa shape index (κ3) is 4.42. The molecule has 0 aromatic heterocycles. The second-order valence-electron chi connectivity index (χ2n) is 5.78. The van der Waals surface area contributed by atoms with E-state index in [1.165, 1.54) is 0 Å². The Hall–Kier alpha value is -3.50. The summed E-state index contributed by atoms with van der Waals surface area (Å²) in [7, 11) is 0. The number of fused-ring (bicyclic) bond motifs is 1. The molecular weight excluding hydrogens is 383 g/mol. The van der Waals surface area contributed by atoms with Gasteiger partial charge in [-0.15, -0.1) is 0 Å². The van der Waals surface area contributed by atoms with Crippen LogP contribution < -0.4 is 20.1 Å². The highest BCUT2D eigenvalue weighted by atomic mass is 19.4. The Morgan fingerprint density at radius 1 is 1.14 bits per heavy atom. The van der Waals surface area contributed by atoms with Crippen molar-refractivity contribution in [2.24, 2.45) is 0 Å². The highest BCUT2D eigenvalue weighted by Gasteiger charge is 2.33. The lowest BCUT2D eigenvalue weighted by Crippen LogP contribution is -2.16. The minimum Gasteiger partial charge on any atom is -0.454 e. The van der Waals surface area contributed by atoms with E-state index in [1.54, 1.807) is 18.2 Å². The second kappa shape index (κ2) is 7.62. The molecule has 0 fully saturated rings. The van der Waals surface area contributed by atoms with Gasteiger partial charge in [-0.1, -0.05) is 0 Å². The molecule has 0 aliphatic carbocycles. The number of hydrogen-bond donors (Lipinski definition) is 2. The summed E-state index contributed by atoms with van der Waals surface area (Å²) in [6, 6.07) is 7.02. The van der Waals surface area contributed by atoms with Crippen molar-refractivity contribution >= 4 is 23.0 Å². The van der Waals surface area contributed by atoms with Crippen molar-refractivity contribution in [3.63, 3.8) is 0 Å². The van der Waals surface area contributed by atoms with Gasteiger partial charge in [0.15, 0.2) is 11.5 Å². The first kappa shape index (κ1) is 19.3. The van der Waals surface area contributed by atoms with Crippen LogP contribution in [0.5, 0.6) is 11.5 Å². The number of nitrogens with one attached hydrogen (secondary N) is 2. The summed E-state index contributed by atoms with van der Waals surface area (Å²) >= 11 is 0. The highest BCUT2D eigenvalue weighted by molar-refractivity contribution is 5.91. The molecule has 2 N–H and O–H groups in total. The molecule has 3 rings (SSSR count). The number of benzene rings is 2. The molecular formula is C17H14F3N3O5. The molecule has 28 heavy (non-hydrogen) atoms. The van der Waals surface area contributed by atoms with Gasteiger partial charge in [0, 0.05) is 30.8 Å². The Labute approximate surface area is 156 Å². The number of rotatable bonds is 6. The number of amides is 1. The first-order valence-electron chi connectivity index (χ1n) is 8.03. The topological polar surface area (TPSA) is 103 Å². The zero-order chi connectivity index (χ0) is 20.3. The van der Waals surface area contributed by atoms with E-state index in [4.69, 9.17) is 9.47 Å². The number of anilines is 2. The Morgan fingerprint density at radius 3 is 2.61 bits per heavy atom. The highest BCUT2D eigenvalue weighted by Crippen LogP contribution is 2.35. The van der Waals surface area contributed by atoms with Gasteiger partial charge in [0.05, 0.1) is 10.5 Å². The molecule has 148 valence electrons. The van der Waals surface area contributed by atoms with E-state index in [9.17, 15) is 28.1 Å². The Kier molecular flexibility index (Phi) is 5.25. The number of carbonyl (C=O) groups is 1. The van der Waals surface area contributed by atoms with Crippen molar-refractivity contribution in [2.45, 2.75) is 12.6 Å². The summed E-state index contributed by atoms with van der Waals surface area (Å²) in [4.78, 5) is 22.1. The van der Waals surface area contributed by atoms with Crippen molar-refractivity contribution in [3.8, 4) is 11.5 Å². The van der Waals surface area contributed by atoms with Crippen molar-refractivity contribution in [1.29, 1.82) is 0 Å². The van der Waals surface area contributed by atoms with Gasteiger partial charge >= 0.3 is 6.18 Å². The maximum Gasteiger partial charge on any atom is 0.416 e. The van der Waals surface area contributed by atoms with Crippen LogP contribution in [0.4, 0.5) is 30.2 Å². The van der Waals surface area contributed by atoms with Gasteiger partial charge in [-0.3, -0.25) is 14.9 Å². The quantitative estimate of drug-likeness (QED) is 0.568. The van der Waals surface area contributed by atoms with Crippen LogP contribution in [0.2, 0.25) is 0 Å². The van der Waals surface area contributed by atoms with Crippen molar-refractivity contribution in [3.05, 3.63) is 52.1 Å². The Bertz CT molecular complexity index is 917. The predicted molar refractivity (Wildman–Crippen MR) is 92.4 cm³/mol. The average molecular weight is 397 g/mol. The summed E-state index contributed by atoms with van der Waals surface area (Å²) in [5.74, 6) is 0.673. The third-order valence-corrected chi connectivity index (χ3v) is 3.85. The predicted octanol–water partition coefficient (Wildman–Crippen LogP) is 3.78. The minimum absolute atomic E-state index is 0.0113. The number of halogens is 3. The molecule has 0 unspecified atom stereocenters. The molecule has 0 atom stereocenters. The molecule has 0 spiro atoms.